The molecule has 0 saturated heterocycles. The van der Waals surface area contributed by atoms with Gasteiger partial charge in [0.15, 0.2) is 0 Å². The van der Waals surface area contributed by atoms with Crippen molar-refractivity contribution in [1.82, 2.24) is 20.3 Å². The monoisotopic (exact) mass is 336 g/mol. The zero-order valence-electron chi connectivity index (χ0n) is 12.8. The van der Waals surface area contributed by atoms with Crippen LogP contribution >= 0.6 is 0 Å². The molecule has 1 amide bonds. The molecule has 0 radical (unpaired) electrons. The smallest absolute Gasteiger partial charge is 0.325 e. The molecule has 2 N–H and O–H groups in total. The quantitative estimate of drug-likeness (QED) is 0.661. The maximum atomic E-state index is 12.9. The lowest BCUT2D eigenvalue weighted by Gasteiger charge is -2.06. The number of carbonyl (C=O) groups is 2. The van der Waals surface area contributed by atoms with Gasteiger partial charge in [0.2, 0.25) is 5.91 Å². The predicted octanol–water partition coefficient (Wildman–Crippen LogP) is 0.977. The normalized spacial score (nSPS) is 10.4. The summed E-state index contributed by atoms with van der Waals surface area (Å²) in [5.74, 6) is -1.16. The minimum absolute atomic E-state index is 0.170. The Balaban J connectivity index is 1.63. The van der Waals surface area contributed by atoms with E-state index in [-0.39, 0.29) is 31.2 Å². The standard InChI is InChI=1S/C15H17FN4O4/c16-11-3-1-4-13(7-11)24-6-2-5-14(21)17-8-12-9-20(19-18-12)10-15(22)23/h1,3-4,7,9H,2,5-6,8,10H2,(H,17,21)(H,22,23). The van der Waals surface area contributed by atoms with Crippen LogP contribution in [0.15, 0.2) is 30.5 Å². The van der Waals surface area contributed by atoms with Crippen LogP contribution in [0.5, 0.6) is 5.75 Å². The highest BCUT2D eigenvalue weighted by Gasteiger charge is 2.06. The van der Waals surface area contributed by atoms with Crippen molar-refractivity contribution >= 4 is 11.9 Å². The first-order valence-corrected chi connectivity index (χ1v) is 7.29. The lowest BCUT2D eigenvalue weighted by molar-refractivity contribution is -0.138. The lowest BCUT2D eigenvalue weighted by Crippen LogP contribution is -2.23. The molecule has 1 aromatic carbocycles. The van der Waals surface area contributed by atoms with Gasteiger partial charge in [0.25, 0.3) is 0 Å². The van der Waals surface area contributed by atoms with Gasteiger partial charge in [-0.05, 0) is 18.6 Å². The summed E-state index contributed by atoms with van der Waals surface area (Å²) in [6.07, 6.45) is 2.19. The number of carboxylic acids is 1. The van der Waals surface area contributed by atoms with Crippen LogP contribution in [-0.4, -0.2) is 38.6 Å². The number of aromatic nitrogens is 3. The summed E-state index contributed by atoms with van der Waals surface area (Å²) in [6.45, 7) is 0.188. The predicted molar refractivity (Wildman–Crippen MR) is 80.6 cm³/mol. The molecular weight excluding hydrogens is 319 g/mol. The molecule has 9 heteroatoms. The number of nitrogens with zero attached hydrogens (tertiary/aromatic N) is 3. The number of nitrogens with one attached hydrogen (secondary N) is 1. The molecule has 0 bridgehead atoms. The van der Waals surface area contributed by atoms with Crippen LogP contribution in [0, 0.1) is 5.82 Å². The Labute approximate surface area is 137 Å². The molecule has 0 fully saturated rings. The molecule has 0 saturated carbocycles. The van der Waals surface area contributed by atoms with Crippen LogP contribution in [0.1, 0.15) is 18.5 Å². The Hall–Kier alpha value is -2.97. The fourth-order valence-electron chi connectivity index (χ4n) is 1.89. The Morgan fingerprint density at radius 2 is 2.21 bits per heavy atom. The van der Waals surface area contributed by atoms with Crippen molar-refractivity contribution in [2.45, 2.75) is 25.9 Å². The van der Waals surface area contributed by atoms with Gasteiger partial charge in [0.1, 0.15) is 23.8 Å². The summed E-state index contributed by atoms with van der Waals surface area (Å²) >= 11 is 0. The average molecular weight is 336 g/mol. The number of amides is 1. The van der Waals surface area contributed by atoms with E-state index in [9.17, 15) is 14.0 Å². The van der Waals surface area contributed by atoms with Gasteiger partial charge in [-0.3, -0.25) is 9.59 Å². The van der Waals surface area contributed by atoms with E-state index in [0.717, 1.165) is 0 Å². The molecule has 2 rings (SSSR count). The first kappa shape index (κ1) is 17.4. The fraction of sp³-hybridized carbons (Fsp3) is 0.333. The van der Waals surface area contributed by atoms with Gasteiger partial charge >= 0.3 is 5.97 Å². The van der Waals surface area contributed by atoms with Crippen molar-refractivity contribution in [2.24, 2.45) is 0 Å². The van der Waals surface area contributed by atoms with Gasteiger partial charge in [0.05, 0.1) is 19.3 Å². The molecule has 128 valence electrons. The van der Waals surface area contributed by atoms with Crippen molar-refractivity contribution in [3.05, 3.63) is 42.0 Å². The van der Waals surface area contributed by atoms with Crippen molar-refractivity contribution in [1.29, 1.82) is 0 Å². The zero-order chi connectivity index (χ0) is 17.4. The summed E-state index contributed by atoms with van der Waals surface area (Å²) in [7, 11) is 0. The number of hydrogen-bond acceptors (Lipinski definition) is 5. The van der Waals surface area contributed by atoms with E-state index in [1.807, 2.05) is 0 Å². The van der Waals surface area contributed by atoms with E-state index < -0.39 is 5.97 Å². The third kappa shape index (κ3) is 6.03. The third-order valence-electron chi connectivity index (χ3n) is 2.96. The molecule has 0 aliphatic heterocycles. The summed E-state index contributed by atoms with van der Waals surface area (Å²) < 4.78 is 19.5. The summed E-state index contributed by atoms with van der Waals surface area (Å²) in [5.41, 5.74) is 0.473. The highest BCUT2D eigenvalue weighted by Crippen LogP contribution is 2.12. The minimum atomic E-state index is -1.02. The number of carbonyl (C=O) groups excluding carboxylic acids is 1. The van der Waals surface area contributed by atoms with Crippen LogP contribution in [0.4, 0.5) is 4.39 Å². The van der Waals surface area contributed by atoms with Gasteiger partial charge in [-0.2, -0.15) is 0 Å². The van der Waals surface area contributed by atoms with Gasteiger partial charge in [-0.1, -0.05) is 11.3 Å². The fourth-order valence-corrected chi connectivity index (χ4v) is 1.89. The Morgan fingerprint density at radius 3 is 2.96 bits per heavy atom. The molecule has 2 aromatic rings. The van der Waals surface area contributed by atoms with Crippen molar-refractivity contribution < 1.29 is 23.8 Å². The molecule has 0 spiro atoms. The molecule has 24 heavy (non-hydrogen) atoms. The van der Waals surface area contributed by atoms with E-state index >= 15 is 0 Å². The summed E-state index contributed by atoms with van der Waals surface area (Å²) in [6, 6.07) is 5.80. The van der Waals surface area contributed by atoms with E-state index in [1.54, 1.807) is 12.1 Å². The zero-order valence-corrected chi connectivity index (χ0v) is 12.8. The molecule has 0 unspecified atom stereocenters. The molecule has 0 atom stereocenters. The lowest BCUT2D eigenvalue weighted by atomic mass is 10.3. The first-order valence-electron chi connectivity index (χ1n) is 7.29. The van der Waals surface area contributed by atoms with Crippen LogP contribution in [0.25, 0.3) is 0 Å². The number of ether oxygens (including phenoxy) is 1. The SMILES string of the molecule is O=C(O)Cn1cc(CNC(=O)CCCOc2cccc(F)c2)nn1. The molecule has 1 heterocycles. The molecular formula is C15H17FN4O4. The van der Waals surface area contributed by atoms with E-state index in [0.29, 0.717) is 24.5 Å². The van der Waals surface area contributed by atoms with Gasteiger partial charge in [-0.15, -0.1) is 5.10 Å². The van der Waals surface area contributed by atoms with Gasteiger partial charge in [0, 0.05) is 12.5 Å². The van der Waals surface area contributed by atoms with Crippen LogP contribution < -0.4 is 10.1 Å². The van der Waals surface area contributed by atoms with Crippen LogP contribution in [0.3, 0.4) is 0 Å². The van der Waals surface area contributed by atoms with Crippen molar-refractivity contribution in [2.75, 3.05) is 6.61 Å². The molecule has 0 aliphatic rings. The van der Waals surface area contributed by atoms with Crippen LogP contribution in [0.2, 0.25) is 0 Å². The molecule has 1 aromatic heterocycles. The minimum Gasteiger partial charge on any atom is -0.493 e. The maximum Gasteiger partial charge on any atom is 0.325 e. The number of hydrogen-bond donors (Lipinski definition) is 2. The molecule has 0 aliphatic carbocycles. The number of benzene rings is 1. The topological polar surface area (TPSA) is 106 Å². The number of carboxylic acid groups (broad SMARTS) is 1. The van der Waals surface area contributed by atoms with Gasteiger partial charge in [-0.25, -0.2) is 9.07 Å². The molecule has 8 nitrogen and oxygen atoms in total. The van der Waals surface area contributed by atoms with Crippen molar-refractivity contribution in [3.63, 3.8) is 0 Å². The number of rotatable bonds is 9. The second kappa shape index (κ2) is 8.61. The average Bonchev–Trinajstić information content (AvgIpc) is 2.96. The maximum absolute atomic E-state index is 12.9. The van der Waals surface area contributed by atoms with Gasteiger partial charge < -0.3 is 15.2 Å². The third-order valence-corrected chi connectivity index (χ3v) is 2.96. The Kier molecular flexibility index (Phi) is 6.23. The van der Waals surface area contributed by atoms with E-state index in [2.05, 4.69) is 15.6 Å². The second-order valence-electron chi connectivity index (χ2n) is 4.99. The van der Waals surface area contributed by atoms with E-state index in [4.69, 9.17) is 9.84 Å². The Bertz CT molecular complexity index is 704. The summed E-state index contributed by atoms with van der Waals surface area (Å²) in [4.78, 5) is 22.2. The Morgan fingerprint density at radius 1 is 1.38 bits per heavy atom. The number of aliphatic carboxylic acids is 1. The highest BCUT2D eigenvalue weighted by molar-refractivity contribution is 5.75. The summed E-state index contributed by atoms with van der Waals surface area (Å²) in [5, 5.41) is 18.7. The first-order chi connectivity index (χ1) is 11.5. The van der Waals surface area contributed by atoms with Crippen molar-refractivity contribution in [3.8, 4) is 5.75 Å². The largest absolute Gasteiger partial charge is 0.493 e. The second-order valence-corrected chi connectivity index (χ2v) is 4.99. The number of halogens is 1. The van der Waals surface area contributed by atoms with E-state index in [1.165, 1.54) is 23.0 Å². The van der Waals surface area contributed by atoms with Crippen LogP contribution in [-0.2, 0) is 22.7 Å². The highest BCUT2D eigenvalue weighted by atomic mass is 19.1.